The Morgan fingerprint density at radius 3 is 2.34 bits per heavy atom. The lowest BCUT2D eigenvalue weighted by atomic mass is 9.95. The number of hydrogen-bond acceptors (Lipinski definition) is 5. The molecule has 0 aliphatic rings. The van der Waals surface area contributed by atoms with Crippen molar-refractivity contribution in [3.8, 4) is 11.5 Å². The van der Waals surface area contributed by atoms with Crippen molar-refractivity contribution in [3.63, 3.8) is 0 Å². The second kappa shape index (κ2) is 9.92. The zero-order chi connectivity index (χ0) is 24.3. The number of carbonyl (C=O) groups excluding carboxylic acids is 1. The number of sulfone groups is 1. The van der Waals surface area contributed by atoms with Gasteiger partial charge in [0.05, 0.1) is 17.4 Å². The van der Waals surface area contributed by atoms with Crippen molar-refractivity contribution >= 4 is 39.0 Å². The van der Waals surface area contributed by atoms with Crippen molar-refractivity contribution in [1.29, 1.82) is 0 Å². The summed E-state index contributed by atoms with van der Waals surface area (Å²) in [4.78, 5) is 23.4. The van der Waals surface area contributed by atoms with Gasteiger partial charge in [0.25, 0.3) is 0 Å². The molecule has 1 amide bonds. The smallest absolute Gasteiger partial charge is 0.307 e. The van der Waals surface area contributed by atoms with E-state index in [2.05, 4.69) is 5.32 Å². The first-order chi connectivity index (χ1) is 14.7. The number of nitrogens with one attached hydrogen (secondary N) is 1. The minimum absolute atomic E-state index is 0.211. The number of carbonyl (C=O) groups is 2. The molecule has 7 nitrogen and oxygen atoms in total. The summed E-state index contributed by atoms with van der Waals surface area (Å²) in [6, 6.07) is 9.34. The van der Waals surface area contributed by atoms with Gasteiger partial charge >= 0.3 is 5.97 Å². The molecule has 9 heteroatoms. The molecule has 0 aromatic heterocycles. The van der Waals surface area contributed by atoms with Gasteiger partial charge in [0.1, 0.15) is 11.5 Å². The molecule has 0 heterocycles. The highest BCUT2D eigenvalue weighted by Crippen LogP contribution is 2.32. The Balaban J connectivity index is 2.46. The van der Waals surface area contributed by atoms with Gasteiger partial charge in [0, 0.05) is 21.7 Å². The molecular weight excluding hydrogens is 454 g/mol. The predicted octanol–water partition coefficient (Wildman–Crippen LogP) is 5.07. The first-order valence-electron chi connectivity index (χ1n) is 10.0. The van der Waals surface area contributed by atoms with Gasteiger partial charge in [0.15, 0.2) is 9.84 Å². The first kappa shape index (κ1) is 25.7. The molecule has 0 saturated heterocycles. The lowest BCUT2D eigenvalue weighted by molar-refractivity contribution is -0.136. The number of amides is 1. The van der Waals surface area contributed by atoms with E-state index in [9.17, 15) is 18.0 Å². The van der Waals surface area contributed by atoms with Crippen LogP contribution < -0.4 is 10.1 Å². The third kappa shape index (κ3) is 7.24. The fourth-order valence-corrected chi connectivity index (χ4v) is 3.89. The maximum Gasteiger partial charge on any atom is 0.307 e. The van der Waals surface area contributed by atoms with E-state index in [1.165, 1.54) is 18.2 Å². The van der Waals surface area contributed by atoms with Gasteiger partial charge < -0.3 is 15.2 Å². The maximum atomic E-state index is 12.6. The van der Waals surface area contributed by atoms with Crippen molar-refractivity contribution < 1.29 is 27.9 Å². The number of hydrogen-bond donors (Lipinski definition) is 2. The molecule has 0 radical (unpaired) electrons. The summed E-state index contributed by atoms with van der Waals surface area (Å²) in [5, 5.41) is 11.5. The van der Waals surface area contributed by atoms with E-state index in [-0.39, 0.29) is 29.6 Å². The molecule has 2 aromatic carbocycles. The summed E-state index contributed by atoms with van der Waals surface area (Å²) in [5.74, 6) is -0.963. The molecule has 0 spiro atoms. The summed E-state index contributed by atoms with van der Waals surface area (Å²) in [7, 11) is -3.47. The third-order valence-electron chi connectivity index (χ3n) is 4.59. The summed E-state index contributed by atoms with van der Waals surface area (Å²) < 4.78 is 31.1. The van der Waals surface area contributed by atoms with Crippen molar-refractivity contribution in [3.05, 3.63) is 52.5 Å². The Hall–Kier alpha value is -2.58. The number of ether oxygens (including phenoxy) is 1. The van der Waals surface area contributed by atoms with Crippen molar-refractivity contribution in [2.24, 2.45) is 5.41 Å². The summed E-state index contributed by atoms with van der Waals surface area (Å²) in [5.41, 5.74) is 0.639. The second-order valence-electron chi connectivity index (χ2n) is 8.85. The van der Waals surface area contributed by atoms with Crippen LogP contribution in [0.25, 0.3) is 0 Å². The van der Waals surface area contributed by atoms with Crippen molar-refractivity contribution in [2.45, 2.75) is 52.0 Å². The van der Waals surface area contributed by atoms with E-state index in [4.69, 9.17) is 21.4 Å². The molecule has 2 rings (SSSR count). The summed E-state index contributed by atoms with van der Waals surface area (Å²) >= 11 is 6.10. The fraction of sp³-hybridized carbons (Fsp3) is 0.391. The summed E-state index contributed by atoms with van der Waals surface area (Å²) in [6.45, 7) is 8.51. The minimum Gasteiger partial charge on any atom is -0.481 e. The van der Waals surface area contributed by atoms with E-state index in [1.807, 2.05) is 0 Å². The first-order valence-corrected chi connectivity index (χ1v) is 12.1. The molecule has 0 saturated carbocycles. The molecule has 2 aromatic rings. The number of benzene rings is 2. The predicted molar refractivity (Wildman–Crippen MR) is 125 cm³/mol. The van der Waals surface area contributed by atoms with Crippen LogP contribution in [-0.4, -0.2) is 30.7 Å². The van der Waals surface area contributed by atoms with E-state index in [0.29, 0.717) is 21.8 Å². The van der Waals surface area contributed by atoms with E-state index in [0.717, 1.165) is 0 Å². The van der Waals surface area contributed by atoms with Crippen LogP contribution in [0.5, 0.6) is 11.5 Å². The van der Waals surface area contributed by atoms with Crippen LogP contribution in [0.2, 0.25) is 5.02 Å². The lowest BCUT2D eigenvalue weighted by Crippen LogP contribution is -2.27. The molecule has 32 heavy (non-hydrogen) atoms. The van der Waals surface area contributed by atoms with Crippen LogP contribution in [0.4, 0.5) is 5.69 Å². The van der Waals surface area contributed by atoms with Crippen molar-refractivity contribution in [1.82, 2.24) is 0 Å². The number of halogens is 1. The largest absolute Gasteiger partial charge is 0.481 e. The molecule has 0 aliphatic heterocycles. The molecule has 0 bridgehead atoms. The van der Waals surface area contributed by atoms with Gasteiger partial charge in [-0.1, -0.05) is 32.4 Å². The SMILES string of the molecule is CC(C)S(=O)(=O)Cc1cc(NC(=O)C(C)(C)C)ccc1Oc1cc(Cl)cc(CC(=O)O)c1. The molecule has 0 atom stereocenters. The lowest BCUT2D eigenvalue weighted by Gasteiger charge is -2.19. The summed E-state index contributed by atoms with van der Waals surface area (Å²) in [6.07, 6.45) is -0.233. The minimum atomic E-state index is -3.47. The fourth-order valence-electron chi connectivity index (χ4n) is 2.65. The van der Waals surface area contributed by atoms with Crippen LogP contribution in [-0.2, 0) is 31.6 Å². The average Bonchev–Trinajstić information content (AvgIpc) is 2.61. The van der Waals surface area contributed by atoms with Crippen LogP contribution in [0.1, 0.15) is 45.7 Å². The number of rotatable bonds is 8. The molecule has 0 fully saturated rings. The van der Waals surface area contributed by atoms with Gasteiger partial charge in [-0.3, -0.25) is 9.59 Å². The Labute approximate surface area is 193 Å². The molecule has 174 valence electrons. The number of anilines is 1. The quantitative estimate of drug-likeness (QED) is 0.544. The van der Waals surface area contributed by atoms with Crippen LogP contribution in [0.15, 0.2) is 36.4 Å². The average molecular weight is 482 g/mol. The molecule has 2 N–H and O–H groups in total. The van der Waals surface area contributed by atoms with Gasteiger partial charge in [-0.15, -0.1) is 0 Å². The van der Waals surface area contributed by atoms with Crippen LogP contribution >= 0.6 is 11.6 Å². The van der Waals surface area contributed by atoms with E-state index < -0.39 is 26.5 Å². The number of aliphatic carboxylic acids is 1. The Morgan fingerprint density at radius 1 is 1.12 bits per heavy atom. The van der Waals surface area contributed by atoms with Gasteiger partial charge in [-0.05, 0) is 55.8 Å². The maximum absolute atomic E-state index is 12.6. The van der Waals surface area contributed by atoms with E-state index >= 15 is 0 Å². The monoisotopic (exact) mass is 481 g/mol. The Bertz CT molecular complexity index is 1120. The van der Waals surface area contributed by atoms with E-state index in [1.54, 1.807) is 52.8 Å². The number of carboxylic acids is 1. The molecule has 0 unspecified atom stereocenters. The standard InChI is InChI=1S/C23H28ClNO6S/c1-14(2)32(29,30)13-16-11-18(25-22(28)23(3,4)5)6-7-20(16)31-19-9-15(10-21(26)27)8-17(24)12-19/h6-9,11-12,14H,10,13H2,1-5H3,(H,25,28)(H,26,27). The van der Waals surface area contributed by atoms with Gasteiger partial charge in [-0.2, -0.15) is 0 Å². The highest BCUT2D eigenvalue weighted by molar-refractivity contribution is 7.91. The van der Waals surface area contributed by atoms with Crippen molar-refractivity contribution in [2.75, 3.05) is 5.32 Å². The normalized spacial score (nSPS) is 12.0. The highest BCUT2D eigenvalue weighted by atomic mass is 35.5. The highest BCUT2D eigenvalue weighted by Gasteiger charge is 2.23. The Kier molecular flexibility index (Phi) is 7.96. The molecular formula is C23H28ClNO6S. The van der Waals surface area contributed by atoms with Gasteiger partial charge in [0.2, 0.25) is 5.91 Å². The zero-order valence-electron chi connectivity index (χ0n) is 18.7. The number of carboxylic acid groups (broad SMARTS) is 1. The zero-order valence-corrected chi connectivity index (χ0v) is 20.3. The second-order valence-corrected chi connectivity index (χ2v) is 11.8. The third-order valence-corrected chi connectivity index (χ3v) is 6.96. The Morgan fingerprint density at radius 2 is 1.78 bits per heavy atom. The molecule has 0 aliphatic carbocycles. The topological polar surface area (TPSA) is 110 Å². The van der Waals surface area contributed by atoms with Gasteiger partial charge in [-0.25, -0.2) is 8.42 Å². The van der Waals surface area contributed by atoms with Crippen LogP contribution in [0, 0.1) is 5.41 Å². The van der Waals surface area contributed by atoms with Crippen LogP contribution in [0.3, 0.4) is 0 Å².